The number of nitrogens with two attached hydrogens (primary N) is 1. The summed E-state index contributed by atoms with van der Waals surface area (Å²) in [6.07, 6.45) is 2.71. The summed E-state index contributed by atoms with van der Waals surface area (Å²) in [7, 11) is 0. The van der Waals surface area contributed by atoms with Crippen LogP contribution < -0.4 is 5.73 Å². The van der Waals surface area contributed by atoms with E-state index in [1.807, 2.05) is 4.90 Å². The molecule has 18 heavy (non-hydrogen) atoms. The number of hydrogen-bond acceptors (Lipinski definition) is 3. The third-order valence-corrected chi connectivity index (χ3v) is 3.86. The minimum atomic E-state index is 0. The minimum absolute atomic E-state index is 0. The second-order valence-electron chi connectivity index (χ2n) is 5.10. The van der Waals surface area contributed by atoms with Gasteiger partial charge in [-0.1, -0.05) is 0 Å². The van der Waals surface area contributed by atoms with Crippen LogP contribution in [0.4, 0.5) is 0 Å². The van der Waals surface area contributed by atoms with E-state index in [1.165, 1.54) is 0 Å². The average molecular weight is 276 g/mol. The van der Waals surface area contributed by atoms with E-state index in [0.29, 0.717) is 26.2 Å². The SMILES string of the molecule is CC(=O)N1CCN(C(=O)C2CCC(N)C2)CC1.Cl. The van der Waals surface area contributed by atoms with Gasteiger partial charge in [-0.3, -0.25) is 9.59 Å². The molecule has 0 aromatic heterocycles. The van der Waals surface area contributed by atoms with Crippen molar-refractivity contribution >= 4 is 24.2 Å². The molecule has 2 N–H and O–H groups in total. The Bertz CT molecular complexity index is 316. The zero-order valence-corrected chi connectivity index (χ0v) is 11.6. The number of rotatable bonds is 1. The lowest BCUT2D eigenvalue weighted by Gasteiger charge is -2.35. The summed E-state index contributed by atoms with van der Waals surface area (Å²) in [5.41, 5.74) is 5.83. The van der Waals surface area contributed by atoms with Gasteiger partial charge in [0.05, 0.1) is 0 Å². The Hall–Kier alpha value is -0.810. The van der Waals surface area contributed by atoms with Gasteiger partial charge in [0.25, 0.3) is 0 Å². The third-order valence-electron chi connectivity index (χ3n) is 3.86. The average Bonchev–Trinajstić information content (AvgIpc) is 2.75. The van der Waals surface area contributed by atoms with Crippen LogP contribution in [0.2, 0.25) is 0 Å². The third kappa shape index (κ3) is 3.36. The fraction of sp³-hybridized carbons (Fsp3) is 0.833. The van der Waals surface area contributed by atoms with Crippen molar-refractivity contribution in [2.75, 3.05) is 26.2 Å². The van der Waals surface area contributed by atoms with Crippen LogP contribution in [0.1, 0.15) is 26.2 Å². The van der Waals surface area contributed by atoms with Gasteiger partial charge in [-0.25, -0.2) is 0 Å². The van der Waals surface area contributed by atoms with Gasteiger partial charge >= 0.3 is 0 Å². The van der Waals surface area contributed by atoms with Crippen LogP contribution in [0, 0.1) is 5.92 Å². The van der Waals surface area contributed by atoms with Crippen molar-refractivity contribution in [1.82, 2.24) is 9.80 Å². The highest BCUT2D eigenvalue weighted by atomic mass is 35.5. The Balaban J connectivity index is 0.00000162. The van der Waals surface area contributed by atoms with Crippen molar-refractivity contribution < 1.29 is 9.59 Å². The summed E-state index contributed by atoms with van der Waals surface area (Å²) in [6.45, 7) is 4.25. The first-order valence-electron chi connectivity index (χ1n) is 6.38. The number of carbonyl (C=O) groups is 2. The van der Waals surface area contributed by atoms with Crippen LogP contribution in [-0.4, -0.2) is 53.8 Å². The molecular formula is C12H22ClN3O2. The van der Waals surface area contributed by atoms with Gasteiger partial charge in [0.1, 0.15) is 0 Å². The summed E-state index contributed by atoms with van der Waals surface area (Å²) in [5.74, 6) is 0.454. The molecule has 0 bridgehead atoms. The quantitative estimate of drug-likeness (QED) is 0.745. The summed E-state index contributed by atoms with van der Waals surface area (Å²) in [4.78, 5) is 27.1. The molecule has 1 heterocycles. The zero-order chi connectivity index (χ0) is 12.4. The molecule has 0 spiro atoms. The standard InChI is InChI=1S/C12H21N3O2.ClH/c1-9(16)14-4-6-15(7-5-14)12(17)10-2-3-11(13)8-10;/h10-11H,2-8,13H2,1H3;1H. The zero-order valence-electron chi connectivity index (χ0n) is 10.8. The van der Waals surface area contributed by atoms with Crippen LogP contribution in [0.3, 0.4) is 0 Å². The number of hydrogen-bond donors (Lipinski definition) is 1. The molecule has 0 aromatic carbocycles. The maximum atomic E-state index is 12.2. The van der Waals surface area contributed by atoms with E-state index in [4.69, 9.17) is 5.73 Å². The molecule has 0 radical (unpaired) electrons. The van der Waals surface area contributed by atoms with Crippen molar-refractivity contribution in [2.24, 2.45) is 11.7 Å². The predicted molar refractivity (Wildman–Crippen MR) is 71.4 cm³/mol. The maximum Gasteiger partial charge on any atom is 0.225 e. The molecule has 1 saturated heterocycles. The van der Waals surface area contributed by atoms with E-state index < -0.39 is 0 Å². The number of nitrogens with zero attached hydrogens (tertiary/aromatic N) is 2. The van der Waals surface area contributed by atoms with E-state index in [0.717, 1.165) is 19.3 Å². The van der Waals surface area contributed by atoms with Crippen molar-refractivity contribution in [1.29, 1.82) is 0 Å². The van der Waals surface area contributed by atoms with E-state index >= 15 is 0 Å². The number of amides is 2. The number of halogens is 1. The molecule has 2 fully saturated rings. The van der Waals surface area contributed by atoms with Gasteiger partial charge < -0.3 is 15.5 Å². The summed E-state index contributed by atoms with van der Waals surface area (Å²) in [5, 5.41) is 0. The smallest absolute Gasteiger partial charge is 0.225 e. The largest absolute Gasteiger partial charge is 0.339 e. The number of piperazine rings is 1. The fourth-order valence-electron chi connectivity index (χ4n) is 2.74. The first-order chi connectivity index (χ1) is 8.08. The van der Waals surface area contributed by atoms with E-state index in [1.54, 1.807) is 11.8 Å². The molecule has 2 rings (SSSR count). The van der Waals surface area contributed by atoms with Gasteiger partial charge in [-0.2, -0.15) is 0 Å². The van der Waals surface area contributed by atoms with Crippen LogP contribution in [0.5, 0.6) is 0 Å². The van der Waals surface area contributed by atoms with E-state index in [-0.39, 0.29) is 36.2 Å². The van der Waals surface area contributed by atoms with Gasteiger partial charge in [-0.05, 0) is 19.3 Å². The second-order valence-corrected chi connectivity index (χ2v) is 5.10. The maximum absolute atomic E-state index is 12.2. The van der Waals surface area contributed by atoms with Gasteiger partial charge in [0, 0.05) is 45.1 Å². The first kappa shape index (κ1) is 15.2. The second kappa shape index (κ2) is 6.38. The fourth-order valence-corrected chi connectivity index (χ4v) is 2.74. The summed E-state index contributed by atoms with van der Waals surface area (Å²) in [6, 6.07) is 0.197. The molecule has 2 unspecified atom stereocenters. The molecule has 1 aliphatic heterocycles. The van der Waals surface area contributed by atoms with Crippen LogP contribution in [0.25, 0.3) is 0 Å². The Labute approximate surface area is 114 Å². The Kier molecular flexibility index (Phi) is 5.41. The molecule has 2 aliphatic rings. The number of carbonyl (C=O) groups excluding carboxylic acids is 2. The highest BCUT2D eigenvalue weighted by Gasteiger charge is 2.32. The lowest BCUT2D eigenvalue weighted by molar-refractivity contribution is -0.141. The molecule has 104 valence electrons. The molecule has 5 nitrogen and oxygen atoms in total. The summed E-state index contributed by atoms with van der Waals surface area (Å²) < 4.78 is 0. The highest BCUT2D eigenvalue weighted by molar-refractivity contribution is 5.85. The van der Waals surface area contributed by atoms with Crippen LogP contribution in [-0.2, 0) is 9.59 Å². The van der Waals surface area contributed by atoms with Crippen LogP contribution >= 0.6 is 12.4 Å². The van der Waals surface area contributed by atoms with Crippen molar-refractivity contribution in [3.05, 3.63) is 0 Å². The first-order valence-corrected chi connectivity index (χ1v) is 6.38. The predicted octanol–water partition coefficient (Wildman–Crippen LogP) is 0.226. The highest BCUT2D eigenvalue weighted by Crippen LogP contribution is 2.26. The molecule has 6 heteroatoms. The topological polar surface area (TPSA) is 66.6 Å². The molecule has 2 amide bonds. The lowest BCUT2D eigenvalue weighted by Crippen LogP contribution is -2.51. The molecule has 1 aliphatic carbocycles. The normalized spacial score (nSPS) is 27.9. The van der Waals surface area contributed by atoms with Crippen molar-refractivity contribution in [2.45, 2.75) is 32.2 Å². The van der Waals surface area contributed by atoms with Gasteiger partial charge in [0.15, 0.2) is 0 Å². The summed E-state index contributed by atoms with van der Waals surface area (Å²) >= 11 is 0. The van der Waals surface area contributed by atoms with E-state index in [9.17, 15) is 9.59 Å². The Morgan fingerprint density at radius 2 is 1.61 bits per heavy atom. The lowest BCUT2D eigenvalue weighted by atomic mass is 10.1. The van der Waals surface area contributed by atoms with Crippen molar-refractivity contribution in [3.63, 3.8) is 0 Å². The minimum Gasteiger partial charge on any atom is -0.339 e. The monoisotopic (exact) mass is 275 g/mol. The van der Waals surface area contributed by atoms with E-state index in [2.05, 4.69) is 0 Å². The molecule has 1 saturated carbocycles. The molecule has 0 aromatic rings. The van der Waals surface area contributed by atoms with Crippen molar-refractivity contribution in [3.8, 4) is 0 Å². The Morgan fingerprint density at radius 1 is 1.06 bits per heavy atom. The van der Waals surface area contributed by atoms with Gasteiger partial charge in [-0.15, -0.1) is 12.4 Å². The van der Waals surface area contributed by atoms with Gasteiger partial charge in [0.2, 0.25) is 11.8 Å². The molecular weight excluding hydrogens is 254 g/mol. The molecule has 2 atom stereocenters. The Morgan fingerprint density at radius 3 is 2.06 bits per heavy atom. The van der Waals surface area contributed by atoms with Crippen LogP contribution in [0.15, 0.2) is 0 Å².